The Kier molecular flexibility index (Phi) is 6.23. The monoisotopic (exact) mass is 261 g/mol. The van der Waals surface area contributed by atoms with Crippen molar-refractivity contribution in [3.05, 3.63) is 0 Å². The summed E-state index contributed by atoms with van der Waals surface area (Å²) in [5, 5.41) is 3.13. The lowest BCUT2D eigenvalue weighted by atomic mass is 10.2. The van der Waals surface area contributed by atoms with Crippen molar-refractivity contribution in [2.45, 2.75) is 50.6 Å². The van der Waals surface area contributed by atoms with E-state index < -0.39 is 0 Å². The van der Waals surface area contributed by atoms with Crippen molar-refractivity contribution in [3.63, 3.8) is 0 Å². The lowest BCUT2D eigenvalue weighted by molar-refractivity contribution is -0.123. The molecule has 2 fully saturated rings. The van der Waals surface area contributed by atoms with Crippen LogP contribution in [0.3, 0.4) is 0 Å². The second-order valence-corrected chi connectivity index (χ2v) is 5.05. The maximum Gasteiger partial charge on any atom is 0.234 e. The van der Waals surface area contributed by atoms with Crippen LogP contribution in [0.1, 0.15) is 38.5 Å². The molecule has 0 aromatic rings. The number of rotatable bonds is 4. The highest BCUT2D eigenvalue weighted by molar-refractivity contribution is 5.85. The molecule has 1 atom stereocenters. The molecule has 0 aromatic heterocycles. The average molecular weight is 262 g/mol. The lowest BCUT2D eigenvalue weighted by Gasteiger charge is -2.23. The van der Waals surface area contributed by atoms with Gasteiger partial charge < -0.3 is 11.1 Å². The van der Waals surface area contributed by atoms with Gasteiger partial charge in [0.1, 0.15) is 0 Å². The Labute approximate surface area is 110 Å². The summed E-state index contributed by atoms with van der Waals surface area (Å²) in [6.07, 6.45) is 7.17. The highest BCUT2D eigenvalue weighted by atomic mass is 35.5. The predicted octanol–water partition coefficient (Wildman–Crippen LogP) is 0.890. The molecule has 3 N–H and O–H groups in total. The van der Waals surface area contributed by atoms with Crippen LogP contribution >= 0.6 is 12.4 Å². The first-order valence-electron chi connectivity index (χ1n) is 6.53. The highest BCUT2D eigenvalue weighted by Crippen LogP contribution is 2.18. The summed E-state index contributed by atoms with van der Waals surface area (Å²) in [6, 6.07) is 0.862. The number of carbonyl (C=O) groups excluding carboxylic acids is 1. The van der Waals surface area contributed by atoms with Crippen molar-refractivity contribution < 1.29 is 4.79 Å². The third kappa shape index (κ3) is 4.12. The van der Waals surface area contributed by atoms with Gasteiger partial charge in [-0.05, 0) is 32.2 Å². The fourth-order valence-corrected chi connectivity index (χ4v) is 2.90. The molecule has 0 spiro atoms. The summed E-state index contributed by atoms with van der Waals surface area (Å²) in [5.74, 6) is 0.187. The van der Waals surface area contributed by atoms with Gasteiger partial charge in [-0.15, -0.1) is 12.4 Å². The Morgan fingerprint density at radius 3 is 2.59 bits per heavy atom. The number of likely N-dealkylation sites (tertiary alicyclic amines) is 1. The predicted molar refractivity (Wildman–Crippen MR) is 71.3 cm³/mol. The molecule has 1 saturated heterocycles. The van der Waals surface area contributed by atoms with Gasteiger partial charge in [0.15, 0.2) is 0 Å². The third-order valence-corrected chi connectivity index (χ3v) is 3.84. The van der Waals surface area contributed by atoms with E-state index in [0.29, 0.717) is 25.2 Å². The first-order chi connectivity index (χ1) is 7.79. The number of nitrogens with zero attached hydrogens (tertiary/aromatic N) is 1. The Morgan fingerprint density at radius 2 is 1.94 bits per heavy atom. The van der Waals surface area contributed by atoms with Crippen molar-refractivity contribution in [2.24, 2.45) is 5.73 Å². The van der Waals surface area contributed by atoms with Crippen molar-refractivity contribution in [3.8, 4) is 0 Å². The van der Waals surface area contributed by atoms with E-state index in [1.165, 1.54) is 19.3 Å². The average Bonchev–Trinajstić information content (AvgIpc) is 2.88. The minimum Gasteiger partial charge on any atom is -0.352 e. The third-order valence-electron chi connectivity index (χ3n) is 3.84. The van der Waals surface area contributed by atoms with Crippen LogP contribution in [0.5, 0.6) is 0 Å². The van der Waals surface area contributed by atoms with Crippen LogP contribution in [0, 0.1) is 0 Å². The van der Waals surface area contributed by atoms with Gasteiger partial charge in [-0.1, -0.05) is 12.8 Å². The molecule has 5 heteroatoms. The molecule has 0 aromatic carbocycles. The van der Waals surface area contributed by atoms with Gasteiger partial charge in [0, 0.05) is 18.6 Å². The zero-order chi connectivity index (χ0) is 11.4. The van der Waals surface area contributed by atoms with Crippen LogP contribution < -0.4 is 11.1 Å². The number of halogens is 1. The molecule has 4 nitrogen and oxygen atoms in total. The minimum atomic E-state index is 0. The smallest absolute Gasteiger partial charge is 0.234 e. The molecule has 2 aliphatic rings. The van der Waals surface area contributed by atoms with Crippen molar-refractivity contribution in [1.29, 1.82) is 0 Å². The maximum absolute atomic E-state index is 11.8. The summed E-state index contributed by atoms with van der Waals surface area (Å²) in [6.45, 7) is 2.25. The van der Waals surface area contributed by atoms with E-state index in [1.54, 1.807) is 0 Å². The SMILES string of the molecule is Cl.NCC1CCCN1CC(=O)NC1CCCC1. The van der Waals surface area contributed by atoms with E-state index in [2.05, 4.69) is 10.2 Å². The molecule has 1 unspecified atom stereocenters. The Balaban J connectivity index is 0.00000144. The molecular formula is C12H24ClN3O. The van der Waals surface area contributed by atoms with Gasteiger partial charge >= 0.3 is 0 Å². The van der Waals surface area contributed by atoms with Crippen molar-refractivity contribution in [1.82, 2.24) is 10.2 Å². The van der Waals surface area contributed by atoms with Crippen LogP contribution in [0.25, 0.3) is 0 Å². The standard InChI is InChI=1S/C12H23N3O.ClH/c13-8-11-6-3-7-15(11)9-12(16)14-10-4-1-2-5-10;/h10-11H,1-9,13H2,(H,14,16);1H. The van der Waals surface area contributed by atoms with E-state index >= 15 is 0 Å². The van der Waals surface area contributed by atoms with E-state index in [1.807, 2.05) is 0 Å². The number of amides is 1. The first kappa shape index (κ1) is 14.7. The zero-order valence-corrected chi connectivity index (χ0v) is 11.2. The van der Waals surface area contributed by atoms with Gasteiger partial charge in [0.05, 0.1) is 6.54 Å². The fourth-order valence-electron chi connectivity index (χ4n) is 2.90. The van der Waals surface area contributed by atoms with Crippen LogP contribution in [-0.2, 0) is 4.79 Å². The summed E-state index contributed by atoms with van der Waals surface area (Å²) in [7, 11) is 0. The Hall–Kier alpha value is -0.320. The first-order valence-corrected chi connectivity index (χ1v) is 6.53. The molecule has 0 bridgehead atoms. The number of hydrogen-bond donors (Lipinski definition) is 2. The maximum atomic E-state index is 11.8. The van der Waals surface area contributed by atoms with Crippen LogP contribution in [-0.4, -0.2) is 42.5 Å². The Morgan fingerprint density at radius 1 is 1.24 bits per heavy atom. The molecule has 0 radical (unpaired) electrons. The summed E-state index contributed by atoms with van der Waals surface area (Å²) < 4.78 is 0. The van der Waals surface area contributed by atoms with Gasteiger partial charge in [-0.3, -0.25) is 9.69 Å². The number of carbonyl (C=O) groups is 1. The second-order valence-electron chi connectivity index (χ2n) is 5.05. The van der Waals surface area contributed by atoms with Crippen molar-refractivity contribution >= 4 is 18.3 Å². The summed E-state index contributed by atoms with van der Waals surface area (Å²) in [4.78, 5) is 14.0. The number of hydrogen-bond acceptors (Lipinski definition) is 3. The largest absolute Gasteiger partial charge is 0.352 e. The molecule has 1 amide bonds. The number of nitrogens with one attached hydrogen (secondary N) is 1. The molecule has 1 heterocycles. The topological polar surface area (TPSA) is 58.4 Å². The molecule has 2 rings (SSSR count). The van der Waals surface area contributed by atoms with Crippen LogP contribution in [0.15, 0.2) is 0 Å². The summed E-state index contributed by atoms with van der Waals surface area (Å²) >= 11 is 0. The highest BCUT2D eigenvalue weighted by Gasteiger charge is 2.26. The van der Waals surface area contributed by atoms with E-state index in [9.17, 15) is 4.79 Å². The lowest BCUT2D eigenvalue weighted by Crippen LogP contribution is -2.44. The van der Waals surface area contributed by atoms with Gasteiger partial charge in [-0.2, -0.15) is 0 Å². The molecule has 1 aliphatic heterocycles. The van der Waals surface area contributed by atoms with E-state index in [-0.39, 0.29) is 18.3 Å². The van der Waals surface area contributed by atoms with Crippen LogP contribution in [0.2, 0.25) is 0 Å². The quantitative estimate of drug-likeness (QED) is 0.790. The summed E-state index contributed by atoms with van der Waals surface area (Å²) in [5.41, 5.74) is 5.69. The minimum absolute atomic E-state index is 0. The molecule has 100 valence electrons. The van der Waals surface area contributed by atoms with Crippen molar-refractivity contribution in [2.75, 3.05) is 19.6 Å². The molecule has 17 heavy (non-hydrogen) atoms. The van der Waals surface area contributed by atoms with E-state index in [0.717, 1.165) is 25.8 Å². The van der Waals surface area contributed by atoms with Gasteiger partial charge in [-0.25, -0.2) is 0 Å². The normalized spacial score (nSPS) is 25.8. The molecule has 1 aliphatic carbocycles. The van der Waals surface area contributed by atoms with Gasteiger partial charge in [0.25, 0.3) is 0 Å². The molecule has 1 saturated carbocycles. The Bertz CT molecular complexity index is 244. The second kappa shape index (κ2) is 7.19. The number of nitrogens with two attached hydrogens (primary N) is 1. The van der Waals surface area contributed by atoms with Gasteiger partial charge in [0.2, 0.25) is 5.91 Å². The fraction of sp³-hybridized carbons (Fsp3) is 0.917. The van der Waals surface area contributed by atoms with E-state index in [4.69, 9.17) is 5.73 Å². The van der Waals surface area contributed by atoms with Crippen LogP contribution in [0.4, 0.5) is 0 Å². The molecular weight excluding hydrogens is 238 g/mol. The zero-order valence-electron chi connectivity index (χ0n) is 10.4.